The monoisotopic (exact) mass is 270 g/mol. The van der Waals surface area contributed by atoms with Crippen LogP contribution in [0.25, 0.3) is 0 Å². The molecule has 1 aromatic rings. The summed E-state index contributed by atoms with van der Waals surface area (Å²) < 4.78 is 1.69. The number of aromatic nitrogens is 2. The van der Waals surface area contributed by atoms with Crippen molar-refractivity contribution < 1.29 is 4.79 Å². The molecule has 0 unspecified atom stereocenters. The highest BCUT2D eigenvalue weighted by Gasteiger charge is 2.21. The molecule has 1 aliphatic heterocycles. The van der Waals surface area contributed by atoms with E-state index < -0.39 is 0 Å². The Morgan fingerprint density at radius 1 is 1.56 bits per heavy atom. The summed E-state index contributed by atoms with van der Waals surface area (Å²) in [7, 11) is 0. The maximum absolute atomic E-state index is 12.2. The maximum Gasteiger partial charge on any atom is 0.244 e. The van der Waals surface area contributed by atoms with E-state index in [1.54, 1.807) is 4.68 Å². The number of rotatable bonds is 2. The zero-order valence-electron chi connectivity index (χ0n) is 11.0. The van der Waals surface area contributed by atoms with Gasteiger partial charge in [0.05, 0.1) is 16.4 Å². The van der Waals surface area contributed by atoms with Gasteiger partial charge in [-0.05, 0) is 20.8 Å². The van der Waals surface area contributed by atoms with E-state index in [4.69, 9.17) is 11.6 Å². The standard InChI is InChI=1S/C12H19ClN4O/c1-8-6-16(5-4-14-8)11(18)7-17-10(3)12(13)9(2)15-17/h8,14H,4-7H2,1-3H3/t8-/m0/s1. The largest absolute Gasteiger partial charge is 0.338 e. The molecule has 0 aliphatic carbocycles. The molecule has 0 spiro atoms. The van der Waals surface area contributed by atoms with Crippen molar-refractivity contribution in [1.82, 2.24) is 20.0 Å². The lowest BCUT2D eigenvalue weighted by Gasteiger charge is -2.32. The lowest BCUT2D eigenvalue weighted by molar-refractivity contribution is -0.133. The highest BCUT2D eigenvalue weighted by Crippen LogP contribution is 2.18. The molecule has 1 atom stereocenters. The van der Waals surface area contributed by atoms with Crippen molar-refractivity contribution in [2.75, 3.05) is 19.6 Å². The minimum atomic E-state index is 0.102. The molecule has 1 aliphatic rings. The summed E-state index contributed by atoms with van der Waals surface area (Å²) in [6, 6.07) is 0.353. The first-order valence-electron chi connectivity index (χ1n) is 6.19. The average Bonchev–Trinajstić information content (AvgIpc) is 2.57. The summed E-state index contributed by atoms with van der Waals surface area (Å²) in [4.78, 5) is 14.1. The Hall–Kier alpha value is -1.07. The third-order valence-electron chi connectivity index (χ3n) is 3.30. The van der Waals surface area contributed by atoms with Crippen LogP contribution >= 0.6 is 11.6 Å². The van der Waals surface area contributed by atoms with Crippen molar-refractivity contribution >= 4 is 17.5 Å². The van der Waals surface area contributed by atoms with Crippen molar-refractivity contribution in [3.8, 4) is 0 Å². The van der Waals surface area contributed by atoms with Crippen molar-refractivity contribution in [2.45, 2.75) is 33.4 Å². The molecular formula is C12H19ClN4O. The van der Waals surface area contributed by atoms with E-state index >= 15 is 0 Å². The van der Waals surface area contributed by atoms with Gasteiger partial charge in [-0.3, -0.25) is 9.48 Å². The predicted molar refractivity (Wildman–Crippen MR) is 70.8 cm³/mol. The summed E-state index contributed by atoms with van der Waals surface area (Å²) in [5.74, 6) is 0.102. The van der Waals surface area contributed by atoms with Crippen LogP contribution < -0.4 is 5.32 Å². The Bertz CT molecular complexity index is 457. The second kappa shape index (κ2) is 5.28. The number of nitrogens with one attached hydrogen (secondary N) is 1. The lowest BCUT2D eigenvalue weighted by Crippen LogP contribution is -2.52. The van der Waals surface area contributed by atoms with Crippen molar-refractivity contribution in [3.63, 3.8) is 0 Å². The second-order valence-corrected chi connectivity index (χ2v) is 5.22. The van der Waals surface area contributed by atoms with Crippen LogP contribution in [0.15, 0.2) is 0 Å². The molecule has 6 heteroatoms. The van der Waals surface area contributed by atoms with E-state index in [0.29, 0.717) is 11.1 Å². The zero-order chi connectivity index (χ0) is 13.3. The van der Waals surface area contributed by atoms with Gasteiger partial charge in [0.2, 0.25) is 5.91 Å². The van der Waals surface area contributed by atoms with Gasteiger partial charge in [-0.2, -0.15) is 5.10 Å². The Kier molecular flexibility index (Phi) is 3.92. The molecule has 1 fully saturated rings. The molecule has 1 saturated heterocycles. The molecular weight excluding hydrogens is 252 g/mol. The molecule has 2 heterocycles. The fourth-order valence-corrected chi connectivity index (χ4v) is 2.35. The molecule has 18 heavy (non-hydrogen) atoms. The number of carbonyl (C=O) groups is 1. The highest BCUT2D eigenvalue weighted by molar-refractivity contribution is 6.31. The highest BCUT2D eigenvalue weighted by atomic mass is 35.5. The third-order valence-corrected chi connectivity index (χ3v) is 3.85. The quantitative estimate of drug-likeness (QED) is 0.871. The van der Waals surface area contributed by atoms with E-state index in [1.807, 2.05) is 18.7 Å². The van der Waals surface area contributed by atoms with Gasteiger partial charge in [0, 0.05) is 25.7 Å². The number of amides is 1. The number of aryl methyl sites for hydroxylation is 1. The van der Waals surface area contributed by atoms with Crippen LogP contribution in [-0.2, 0) is 11.3 Å². The van der Waals surface area contributed by atoms with E-state index in [0.717, 1.165) is 31.0 Å². The van der Waals surface area contributed by atoms with Gasteiger partial charge >= 0.3 is 0 Å². The van der Waals surface area contributed by atoms with Crippen LogP contribution in [0.5, 0.6) is 0 Å². The van der Waals surface area contributed by atoms with Crippen molar-refractivity contribution in [1.29, 1.82) is 0 Å². The van der Waals surface area contributed by atoms with E-state index in [-0.39, 0.29) is 12.5 Å². The fraction of sp³-hybridized carbons (Fsp3) is 0.667. The van der Waals surface area contributed by atoms with Gasteiger partial charge in [-0.15, -0.1) is 0 Å². The predicted octanol–water partition coefficient (Wildman–Crippen LogP) is 0.974. The van der Waals surface area contributed by atoms with Crippen LogP contribution in [0.2, 0.25) is 5.02 Å². The van der Waals surface area contributed by atoms with Gasteiger partial charge in [0.15, 0.2) is 0 Å². The summed E-state index contributed by atoms with van der Waals surface area (Å²) in [5.41, 5.74) is 1.63. The van der Waals surface area contributed by atoms with Crippen LogP contribution in [-0.4, -0.2) is 46.3 Å². The number of halogens is 1. The first kappa shape index (κ1) is 13.4. The van der Waals surface area contributed by atoms with Crippen LogP contribution in [0, 0.1) is 13.8 Å². The Morgan fingerprint density at radius 2 is 2.28 bits per heavy atom. The van der Waals surface area contributed by atoms with Gasteiger partial charge in [-0.25, -0.2) is 0 Å². The molecule has 5 nitrogen and oxygen atoms in total. The first-order chi connectivity index (χ1) is 8.49. The molecule has 0 bridgehead atoms. The van der Waals surface area contributed by atoms with E-state index in [9.17, 15) is 4.79 Å². The van der Waals surface area contributed by atoms with Gasteiger partial charge in [0.1, 0.15) is 6.54 Å². The van der Waals surface area contributed by atoms with E-state index in [1.165, 1.54) is 0 Å². The van der Waals surface area contributed by atoms with Gasteiger partial charge in [0.25, 0.3) is 0 Å². The summed E-state index contributed by atoms with van der Waals surface area (Å²) in [6.07, 6.45) is 0. The maximum atomic E-state index is 12.2. The van der Waals surface area contributed by atoms with E-state index in [2.05, 4.69) is 17.3 Å². The minimum Gasteiger partial charge on any atom is -0.338 e. The van der Waals surface area contributed by atoms with Crippen LogP contribution in [0.3, 0.4) is 0 Å². The van der Waals surface area contributed by atoms with Gasteiger partial charge < -0.3 is 10.2 Å². The fourth-order valence-electron chi connectivity index (χ4n) is 2.22. The topological polar surface area (TPSA) is 50.2 Å². The Balaban J connectivity index is 2.04. The third kappa shape index (κ3) is 2.67. The SMILES string of the molecule is Cc1nn(CC(=O)N2CCN[C@@H](C)C2)c(C)c1Cl. The minimum absolute atomic E-state index is 0.102. The molecule has 0 saturated carbocycles. The number of nitrogens with zero attached hydrogens (tertiary/aromatic N) is 3. The lowest BCUT2D eigenvalue weighted by atomic mass is 10.2. The molecule has 0 radical (unpaired) electrons. The molecule has 100 valence electrons. The molecule has 0 aromatic carbocycles. The number of hydrogen-bond donors (Lipinski definition) is 1. The second-order valence-electron chi connectivity index (χ2n) is 4.84. The van der Waals surface area contributed by atoms with Crippen molar-refractivity contribution in [2.24, 2.45) is 0 Å². The van der Waals surface area contributed by atoms with Crippen molar-refractivity contribution in [3.05, 3.63) is 16.4 Å². The number of hydrogen-bond acceptors (Lipinski definition) is 3. The first-order valence-corrected chi connectivity index (χ1v) is 6.57. The summed E-state index contributed by atoms with van der Waals surface area (Å²) in [6.45, 7) is 8.46. The summed E-state index contributed by atoms with van der Waals surface area (Å²) in [5, 5.41) is 8.25. The Labute approximate surface area is 112 Å². The normalized spacial score (nSPS) is 20.2. The molecule has 2 rings (SSSR count). The van der Waals surface area contributed by atoms with Crippen LogP contribution in [0.4, 0.5) is 0 Å². The molecule has 1 amide bonds. The zero-order valence-corrected chi connectivity index (χ0v) is 11.8. The summed E-state index contributed by atoms with van der Waals surface area (Å²) >= 11 is 6.07. The molecule has 1 aromatic heterocycles. The number of piperazine rings is 1. The average molecular weight is 271 g/mol. The van der Waals surface area contributed by atoms with Gasteiger partial charge in [-0.1, -0.05) is 11.6 Å². The Morgan fingerprint density at radius 3 is 2.83 bits per heavy atom. The van der Waals surface area contributed by atoms with Crippen LogP contribution in [0.1, 0.15) is 18.3 Å². The number of carbonyl (C=O) groups excluding carboxylic acids is 1. The smallest absolute Gasteiger partial charge is 0.244 e. The molecule has 1 N–H and O–H groups in total.